The van der Waals surface area contributed by atoms with Gasteiger partial charge in [-0.1, -0.05) is 30.3 Å². The van der Waals surface area contributed by atoms with Crippen molar-refractivity contribution in [2.24, 2.45) is 0 Å². The van der Waals surface area contributed by atoms with Gasteiger partial charge in [0.1, 0.15) is 24.4 Å². The summed E-state index contributed by atoms with van der Waals surface area (Å²) in [7, 11) is 0. The SMILES string of the molecule is CC(=O)NC1[C@@H](OCc2ccccc2)OC(CO)[C@@H](O)[C@@H]1O. The quantitative estimate of drug-likeness (QED) is 0.564. The standard InChI is InChI=1S/C15H21NO6/c1-9(18)16-12-14(20)13(19)11(7-17)22-15(12)21-8-10-5-3-2-4-6-10/h2-6,11-15,17,19-20H,7-8H2,1H3,(H,16,18)/t11?,12?,13-,14-,15+/m1/s1. The molecule has 0 aromatic heterocycles. The lowest BCUT2D eigenvalue weighted by Crippen LogP contribution is -2.64. The lowest BCUT2D eigenvalue weighted by Gasteiger charge is -2.42. The second kappa shape index (κ2) is 7.66. The zero-order valence-electron chi connectivity index (χ0n) is 12.3. The van der Waals surface area contributed by atoms with Crippen molar-refractivity contribution in [3.63, 3.8) is 0 Å². The van der Waals surface area contributed by atoms with Crippen molar-refractivity contribution in [1.82, 2.24) is 5.32 Å². The lowest BCUT2D eigenvalue weighted by atomic mass is 9.97. The normalized spacial score (nSPS) is 31.7. The molecule has 1 aromatic carbocycles. The Bertz CT molecular complexity index is 482. The number of nitrogens with one attached hydrogen (secondary N) is 1. The van der Waals surface area contributed by atoms with Crippen LogP contribution in [0.4, 0.5) is 0 Å². The molecule has 1 amide bonds. The van der Waals surface area contributed by atoms with Gasteiger partial charge in [-0.2, -0.15) is 0 Å². The molecule has 0 aliphatic carbocycles. The molecule has 4 N–H and O–H groups in total. The highest BCUT2D eigenvalue weighted by atomic mass is 16.7. The molecule has 5 atom stereocenters. The predicted molar refractivity (Wildman–Crippen MR) is 76.6 cm³/mol. The van der Waals surface area contributed by atoms with Gasteiger partial charge < -0.3 is 30.1 Å². The fraction of sp³-hybridized carbons (Fsp3) is 0.533. The summed E-state index contributed by atoms with van der Waals surface area (Å²) in [5.41, 5.74) is 0.897. The Kier molecular flexibility index (Phi) is 5.87. The summed E-state index contributed by atoms with van der Waals surface area (Å²) >= 11 is 0. The van der Waals surface area contributed by atoms with Gasteiger partial charge >= 0.3 is 0 Å². The first-order valence-electron chi connectivity index (χ1n) is 7.08. The molecule has 2 rings (SSSR count). The first-order chi connectivity index (χ1) is 10.5. The average molecular weight is 311 g/mol. The summed E-state index contributed by atoms with van der Waals surface area (Å²) in [4.78, 5) is 11.3. The smallest absolute Gasteiger partial charge is 0.217 e. The van der Waals surface area contributed by atoms with Crippen LogP contribution in [0.1, 0.15) is 12.5 Å². The number of hydrogen-bond acceptors (Lipinski definition) is 6. The molecule has 22 heavy (non-hydrogen) atoms. The van der Waals surface area contributed by atoms with Crippen molar-refractivity contribution in [2.45, 2.75) is 44.2 Å². The van der Waals surface area contributed by atoms with Crippen LogP contribution >= 0.6 is 0 Å². The van der Waals surface area contributed by atoms with E-state index in [9.17, 15) is 20.1 Å². The highest BCUT2D eigenvalue weighted by Crippen LogP contribution is 2.23. The fourth-order valence-corrected chi connectivity index (χ4v) is 2.37. The Morgan fingerprint density at radius 2 is 1.95 bits per heavy atom. The van der Waals surface area contributed by atoms with Gasteiger partial charge in [-0.05, 0) is 5.56 Å². The van der Waals surface area contributed by atoms with Gasteiger partial charge in [-0.15, -0.1) is 0 Å². The van der Waals surface area contributed by atoms with E-state index in [0.717, 1.165) is 5.56 Å². The molecule has 7 nitrogen and oxygen atoms in total. The number of aliphatic hydroxyl groups excluding tert-OH is 3. The number of carbonyl (C=O) groups excluding carboxylic acids is 1. The first-order valence-corrected chi connectivity index (χ1v) is 7.08. The third-order valence-electron chi connectivity index (χ3n) is 3.51. The summed E-state index contributed by atoms with van der Waals surface area (Å²) in [6.07, 6.45) is -4.55. The largest absolute Gasteiger partial charge is 0.394 e. The van der Waals surface area contributed by atoms with Crippen molar-refractivity contribution in [1.29, 1.82) is 0 Å². The van der Waals surface area contributed by atoms with Crippen molar-refractivity contribution >= 4 is 5.91 Å². The molecule has 0 spiro atoms. The first kappa shape index (κ1) is 16.9. The zero-order chi connectivity index (χ0) is 16.1. The molecule has 1 aliphatic rings. The molecule has 1 heterocycles. The summed E-state index contributed by atoms with van der Waals surface area (Å²) < 4.78 is 11.1. The van der Waals surface area contributed by atoms with Gasteiger partial charge in [-0.3, -0.25) is 4.79 Å². The summed E-state index contributed by atoms with van der Waals surface area (Å²) in [6.45, 7) is 1.05. The minimum Gasteiger partial charge on any atom is -0.394 e. The molecule has 1 fully saturated rings. The maximum absolute atomic E-state index is 11.3. The van der Waals surface area contributed by atoms with Crippen LogP contribution in [0.25, 0.3) is 0 Å². The topological polar surface area (TPSA) is 108 Å². The molecular weight excluding hydrogens is 290 g/mol. The van der Waals surface area contributed by atoms with E-state index in [0.29, 0.717) is 0 Å². The van der Waals surface area contributed by atoms with Crippen LogP contribution in [-0.2, 0) is 20.9 Å². The monoisotopic (exact) mass is 311 g/mol. The van der Waals surface area contributed by atoms with Crippen molar-refractivity contribution in [3.8, 4) is 0 Å². The van der Waals surface area contributed by atoms with Crippen LogP contribution in [0.5, 0.6) is 0 Å². The summed E-state index contributed by atoms with van der Waals surface area (Å²) in [5.74, 6) is -0.379. The van der Waals surface area contributed by atoms with E-state index in [1.54, 1.807) is 0 Å². The molecule has 122 valence electrons. The molecule has 1 aliphatic heterocycles. The van der Waals surface area contributed by atoms with Gasteiger partial charge in [-0.25, -0.2) is 0 Å². The third kappa shape index (κ3) is 4.02. The number of ether oxygens (including phenoxy) is 2. The molecule has 7 heteroatoms. The third-order valence-corrected chi connectivity index (χ3v) is 3.51. The maximum atomic E-state index is 11.3. The van der Waals surface area contributed by atoms with E-state index < -0.39 is 37.3 Å². The highest BCUT2D eigenvalue weighted by molar-refractivity contribution is 5.73. The number of hydrogen-bond donors (Lipinski definition) is 4. The van der Waals surface area contributed by atoms with Crippen LogP contribution < -0.4 is 5.32 Å². The van der Waals surface area contributed by atoms with Gasteiger partial charge in [0.15, 0.2) is 6.29 Å². The molecule has 2 unspecified atom stereocenters. The molecular formula is C15H21NO6. The Morgan fingerprint density at radius 3 is 2.55 bits per heavy atom. The fourth-order valence-electron chi connectivity index (χ4n) is 2.37. The van der Waals surface area contributed by atoms with Crippen LogP contribution in [0.3, 0.4) is 0 Å². The van der Waals surface area contributed by atoms with Crippen molar-refractivity contribution in [3.05, 3.63) is 35.9 Å². The van der Waals surface area contributed by atoms with Crippen LogP contribution in [0.15, 0.2) is 30.3 Å². The lowest BCUT2D eigenvalue weighted by molar-refractivity contribution is -0.273. The summed E-state index contributed by atoms with van der Waals surface area (Å²) in [6, 6.07) is 8.42. The molecule has 0 radical (unpaired) electrons. The number of amides is 1. The average Bonchev–Trinajstić information content (AvgIpc) is 2.52. The highest BCUT2D eigenvalue weighted by Gasteiger charge is 2.45. The van der Waals surface area contributed by atoms with Crippen molar-refractivity contribution in [2.75, 3.05) is 6.61 Å². The Hall–Kier alpha value is -1.51. The van der Waals surface area contributed by atoms with Gasteiger partial charge in [0.2, 0.25) is 5.91 Å². The predicted octanol–water partition coefficient (Wildman–Crippen LogP) is -0.853. The molecule has 0 saturated carbocycles. The molecule has 1 aromatic rings. The maximum Gasteiger partial charge on any atom is 0.217 e. The number of aliphatic hydroxyl groups is 3. The number of carbonyl (C=O) groups is 1. The van der Waals surface area contributed by atoms with Crippen LogP contribution in [0.2, 0.25) is 0 Å². The van der Waals surface area contributed by atoms with Gasteiger partial charge in [0.25, 0.3) is 0 Å². The zero-order valence-corrected chi connectivity index (χ0v) is 12.3. The van der Waals surface area contributed by atoms with E-state index in [-0.39, 0.29) is 12.5 Å². The molecule has 0 bridgehead atoms. The summed E-state index contributed by atoms with van der Waals surface area (Å²) in [5, 5.41) is 31.7. The Morgan fingerprint density at radius 1 is 1.27 bits per heavy atom. The Labute approximate surface area is 128 Å². The van der Waals surface area contributed by atoms with Crippen LogP contribution in [-0.4, -0.2) is 58.5 Å². The Balaban J connectivity index is 2.07. The van der Waals surface area contributed by atoms with E-state index >= 15 is 0 Å². The van der Waals surface area contributed by atoms with Gasteiger partial charge in [0, 0.05) is 6.92 Å². The van der Waals surface area contributed by atoms with Gasteiger partial charge in [0.05, 0.1) is 13.2 Å². The minimum absolute atomic E-state index is 0.211. The van der Waals surface area contributed by atoms with E-state index in [1.165, 1.54) is 6.92 Å². The van der Waals surface area contributed by atoms with E-state index in [2.05, 4.69) is 5.32 Å². The van der Waals surface area contributed by atoms with E-state index in [1.807, 2.05) is 30.3 Å². The number of rotatable bonds is 5. The minimum atomic E-state index is -1.31. The second-order valence-corrected chi connectivity index (χ2v) is 5.23. The van der Waals surface area contributed by atoms with Crippen molar-refractivity contribution < 1.29 is 29.6 Å². The molecule has 1 saturated heterocycles. The number of benzene rings is 1. The second-order valence-electron chi connectivity index (χ2n) is 5.23. The van der Waals surface area contributed by atoms with Crippen LogP contribution in [0, 0.1) is 0 Å². The van der Waals surface area contributed by atoms with E-state index in [4.69, 9.17) is 9.47 Å².